The van der Waals surface area contributed by atoms with Gasteiger partial charge in [-0.25, -0.2) is 4.79 Å². The Labute approximate surface area is 123 Å². The number of aryl methyl sites for hydroxylation is 1. The quantitative estimate of drug-likeness (QED) is 0.716. The molecule has 108 valence electrons. The third-order valence-corrected chi connectivity index (χ3v) is 3.15. The maximum Gasteiger partial charge on any atom is 0.369 e. The number of para-hydroxylation sites is 1. The summed E-state index contributed by atoms with van der Waals surface area (Å²) in [6.07, 6.45) is 0.657. The zero-order valence-corrected chi connectivity index (χ0v) is 11.9. The van der Waals surface area contributed by atoms with Crippen LogP contribution in [0.1, 0.15) is 18.6 Å². The minimum Gasteiger partial charge on any atom is -0.337 e. The van der Waals surface area contributed by atoms with Gasteiger partial charge in [0, 0.05) is 6.42 Å². The lowest BCUT2D eigenvalue weighted by atomic mass is 10.3. The number of tetrazole rings is 1. The van der Waals surface area contributed by atoms with Crippen molar-refractivity contribution in [2.45, 2.75) is 19.9 Å². The van der Waals surface area contributed by atoms with Crippen LogP contribution in [0.4, 0.5) is 0 Å². The number of nitrogens with zero attached hydrogens (tertiary/aromatic N) is 6. The van der Waals surface area contributed by atoms with Crippen molar-refractivity contribution >= 4 is 11.6 Å². The predicted molar refractivity (Wildman–Crippen MR) is 73.4 cm³/mol. The average molecular weight is 307 g/mol. The molecular weight excluding hydrogens is 296 g/mol. The van der Waals surface area contributed by atoms with Crippen LogP contribution in [0.3, 0.4) is 0 Å². The first-order valence-electron chi connectivity index (χ1n) is 6.28. The van der Waals surface area contributed by atoms with E-state index >= 15 is 0 Å². The summed E-state index contributed by atoms with van der Waals surface area (Å²) in [5.74, 6) is 0.886. The molecule has 0 aliphatic heterocycles. The van der Waals surface area contributed by atoms with Gasteiger partial charge in [-0.2, -0.15) is 14.3 Å². The molecule has 0 saturated heterocycles. The van der Waals surface area contributed by atoms with Gasteiger partial charge in [-0.1, -0.05) is 35.8 Å². The van der Waals surface area contributed by atoms with Crippen LogP contribution in [0.25, 0.3) is 5.69 Å². The molecule has 0 unspecified atom stereocenters. The lowest BCUT2D eigenvalue weighted by Crippen LogP contribution is -2.25. The summed E-state index contributed by atoms with van der Waals surface area (Å²) in [7, 11) is 0. The summed E-state index contributed by atoms with van der Waals surface area (Å²) in [5.41, 5.74) is 0.0366. The Hall–Kier alpha value is -2.48. The van der Waals surface area contributed by atoms with Crippen molar-refractivity contribution in [1.82, 2.24) is 29.9 Å². The molecule has 0 amide bonds. The van der Waals surface area contributed by atoms with Crippen molar-refractivity contribution < 1.29 is 4.52 Å². The third-order valence-electron chi connectivity index (χ3n) is 2.83. The smallest absolute Gasteiger partial charge is 0.337 e. The normalized spacial score (nSPS) is 11.0. The van der Waals surface area contributed by atoms with E-state index in [1.54, 1.807) is 24.3 Å². The van der Waals surface area contributed by atoms with E-state index in [4.69, 9.17) is 16.1 Å². The molecule has 0 saturated carbocycles. The molecule has 2 aromatic heterocycles. The van der Waals surface area contributed by atoms with E-state index in [-0.39, 0.29) is 6.54 Å². The van der Waals surface area contributed by atoms with Gasteiger partial charge in [0.05, 0.1) is 10.7 Å². The second-order valence-electron chi connectivity index (χ2n) is 4.24. The molecule has 0 N–H and O–H groups in total. The van der Waals surface area contributed by atoms with Crippen molar-refractivity contribution in [1.29, 1.82) is 0 Å². The number of halogens is 1. The highest BCUT2D eigenvalue weighted by molar-refractivity contribution is 6.32. The largest absolute Gasteiger partial charge is 0.369 e. The van der Waals surface area contributed by atoms with Crippen LogP contribution in [0, 0.1) is 0 Å². The molecular formula is C12H11ClN6O2. The number of rotatable bonds is 4. The summed E-state index contributed by atoms with van der Waals surface area (Å²) in [4.78, 5) is 16.4. The van der Waals surface area contributed by atoms with Gasteiger partial charge in [0.15, 0.2) is 5.82 Å². The van der Waals surface area contributed by atoms with Crippen LogP contribution in [-0.2, 0) is 13.0 Å². The Morgan fingerprint density at radius 2 is 2.10 bits per heavy atom. The van der Waals surface area contributed by atoms with Crippen molar-refractivity contribution in [3.8, 4) is 5.69 Å². The lowest BCUT2D eigenvalue weighted by molar-refractivity contribution is 0.358. The Morgan fingerprint density at radius 1 is 1.29 bits per heavy atom. The fourth-order valence-electron chi connectivity index (χ4n) is 1.77. The number of hydrogen-bond donors (Lipinski definition) is 0. The van der Waals surface area contributed by atoms with E-state index in [1.807, 2.05) is 6.92 Å². The van der Waals surface area contributed by atoms with Crippen LogP contribution >= 0.6 is 11.6 Å². The molecule has 0 atom stereocenters. The summed E-state index contributed by atoms with van der Waals surface area (Å²) in [5, 5.41) is 11.8. The number of benzene rings is 1. The summed E-state index contributed by atoms with van der Waals surface area (Å²) >= 11 is 6.04. The van der Waals surface area contributed by atoms with Gasteiger partial charge in [-0.3, -0.25) is 0 Å². The van der Waals surface area contributed by atoms with Crippen molar-refractivity contribution in [2.24, 2.45) is 0 Å². The number of hydrogen-bond acceptors (Lipinski definition) is 6. The van der Waals surface area contributed by atoms with Crippen molar-refractivity contribution in [2.75, 3.05) is 0 Å². The van der Waals surface area contributed by atoms with Gasteiger partial charge in [0.25, 0.3) is 0 Å². The van der Waals surface area contributed by atoms with Crippen LogP contribution in [-0.4, -0.2) is 29.9 Å². The van der Waals surface area contributed by atoms with Crippen molar-refractivity contribution in [3.63, 3.8) is 0 Å². The molecule has 0 aliphatic carbocycles. The SMILES string of the molecule is CCc1noc(Cn2nnn(-c3ccccc3Cl)c2=O)n1. The summed E-state index contributed by atoms with van der Waals surface area (Å²) in [6, 6.07) is 6.89. The van der Waals surface area contributed by atoms with Crippen molar-refractivity contribution in [3.05, 3.63) is 51.5 Å². The van der Waals surface area contributed by atoms with E-state index in [2.05, 4.69) is 20.6 Å². The molecule has 0 bridgehead atoms. The van der Waals surface area contributed by atoms with E-state index in [1.165, 1.54) is 0 Å². The topological polar surface area (TPSA) is 91.6 Å². The van der Waals surface area contributed by atoms with Crippen LogP contribution in [0.5, 0.6) is 0 Å². The molecule has 3 aromatic rings. The minimum absolute atomic E-state index is 0.0658. The van der Waals surface area contributed by atoms with E-state index < -0.39 is 5.69 Å². The van der Waals surface area contributed by atoms with Crippen LogP contribution in [0.15, 0.2) is 33.6 Å². The Bertz CT molecular complexity index is 821. The zero-order valence-electron chi connectivity index (χ0n) is 11.1. The Balaban J connectivity index is 1.93. The highest BCUT2D eigenvalue weighted by Gasteiger charge is 2.14. The molecule has 2 heterocycles. The molecule has 3 rings (SSSR count). The first kappa shape index (κ1) is 13.5. The first-order chi connectivity index (χ1) is 10.2. The van der Waals surface area contributed by atoms with Gasteiger partial charge in [-0.05, 0) is 22.6 Å². The highest BCUT2D eigenvalue weighted by Crippen LogP contribution is 2.16. The van der Waals surface area contributed by atoms with Gasteiger partial charge >= 0.3 is 5.69 Å². The maximum atomic E-state index is 12.3. The fraction of sp³-hybridized carbons (Fsp3) is 0.250. The summed E-state index contributed by atoms with van der Waals surface area (Å²) in [6.45, 7) is 1.98. The van der Waals surface area contributed by atoms with Gasteiger partial charge < -0.3 is 4.52 Å². The average Bonchev–Trinajstić information content (AvgIpc) is 3.08. The lowest BCUT2D eigenvalue weighted by Gasteiger charge is -1.99. The van der Waals surface area contributed by atoms with Crippen LogP contribution in [0.2, 0.25) is 5.02 Å². The van der Waals surface area contributed by atoms with E-state index in [0.29, 0.717) is 28.8 Å². The molecule has 21 heavy (non-hydrogen) atoms. The molecule has 0 spiro atoms. The van der Waals surface area contributed by atoms with Gasteiger partial charge in [0.2, 0.25) is 5.89 Å². The predicted octanol–water partition coefficient (Wildman–Crippen LogP) is 1.08. The molecule has 0 radical (unpaired) electrons. The fourth-order valence-corrected chi connectivity index (χ4v) is 1.99. The molecule has 1 aromatic carbocycles. The third kappa shape index (κ3) is 2.57. The minimum atomic E-state index is -0.431. The molecule has 9 heteroatoms. The second-order valence-corrected chi connectivity index (χ2v) is 4.65. The summed E-state index contributed by atoms with van der Waals surface area (Å²) < 4.78 is 7.29. The van der Waals surface area contributed by atoms with Gasteiger partial charge in [0.1, 0.15) is 6.54 Å². The van der Waals surface area contributed by atoms with E-state index in [0.717, 1.165) is 9.36 Å². The highest BCUT2D eigenvalue weighted by atomic mass is 35.5. The first-order valence-corrected chi connectivity index (χ1v) is 6.66. The molecule has 0 aliphatic rings. The Kier molecular flexibility index (Phi) is 3.53. The Morgan fingerprint density at radius 3 is 2.81 bits per heavy atom. The zero-order chi connectivity index (χ0) is 14.8. The van der Waals surface area contributed by atoms with Gasteiger partial charge in [-0.15, -0.1) is 0 Å². The van der Waals surface area contributed by atoms with E-state index in [9.17, 15) is 4.79 Å². The monoisotopic (exact) mass is 306 g/mol. The molecule has 0 fully saturated rings. The second kappa shape index (κ2) is 5.49. The maximum absolute atomic E-state index is 12.3. The number of aromatic nitrogens is 6. The standard InChI is InChI=1S/C12H11ClN6O2/c1-2-10-14-11(21-15-10)7-18-12(20)19(17-16-18)9-6-4-3-5-8(9)13/h3-6H,2,7H2,1H3. The van der Waals surface area contributed by atoms with Crippen LogP contribution < -0.4 is 5.69 Å². The molecule has 8 nitrogen and oxygen atoms in total.